The molecule has 0 unspecified atom stereocenters. The molecule has 0 bridgehead atoms. The fourth-order valence-corrected chi connectivity index (χ4v) is 3.39. The molecule has 1 N–H and O–H groups in total. The summed E-state index contributed by atoms with van der Waals surface area (Å²) in [5.74, 6) is -0.894. The number of hydrogen-bond acceptors (Lipinski definition) is 4. The average molecular weight is 443 g/mol. The molecule has 0 radical (unpaired) electrons. The largest absolute Gasteiger partial charge is 0.325 e. The van der Waals surface area contributed by atoms with Crippen LogP contribution in [0.5, 0.6) is 0 Å². The summed E-state index contributed by atoms with van der Waals surface area (Å²) in [5.41, 5.74) is 1.58. The molecule has 0 aliphatic carbocycles. The maximum Gasteiger partial charge on any atom is 0.294 e. The normalized spacial score (nSPS) is 15.7. The maximum atomic E-state index is 12.4. The topological polar surface area (TPSA) is 66.5 Å². The Morgan fingerprint density at radius 2 is 1.78 bits per heavy atom. The number of carbonyl (C=O) groups excluding carboxylic acids is 3. The Bertz CT molecular complexity index is 924. The number of benzene rings is 2. The van der Waals surface area contributed by atoms with E-state index in [1.807, 2.05) is 36.4 Å². The van der Waals surface area contributed by atoms with Gasteiger partial charge in [0.25, 0.3) is 11.1 Å². The van der Waals surface area contributed by atoms with Crippen LogP contribution in [0, 0.1) is 0 Å². The van der Waals surface area contributed by atoms with Gasteiger partial charge in [-0.05, 0) is 47.7 Å². The van der Waals surface area contributed by atoms with Crippen LogP contribution in [-0.4, -0.2) is 28.5 Å². The number of rotatable bonds is 5. The molecule has 0 aromatic heterocycles. The van der Waals surface area contributed by atoms with Crippen molar-refractivity contribution in [3.05, 3.63) is 81.7 Å². The van der Waals surface area contributed by atoms with Gasteiger partial charge < -0.3 is 5.32 Å². The molecular weight excluding hydrogens is 428 g/mol. The Kier molecular flexibility index (Phi) is 6.26. The molecule has 3 rings (SSSR count). The number of allylic oxidation sites excluding steroid dienone is 2. The van der Waals surface area contributed by atoms with Gasteiger partial charge in [-0.3, -0.25) is 19.3 Å². The van der Waals surface area contributed by atoms with Crippen molar-refractivity contribution in [1.82, 2.24) is 4.90 Å². The second kappa shape index (κ2) is 8.83. The minimum absolute atomic E-state index is 0.295. The van der Waals surface area contributed by atoms with Gasteiger partial charge in [0.15, 0.2) is 0 Å². The van der Waals surface area contributed by atoms with E-state index in [0.29, 0.717) is 10.6 Å². The number of thioether (sulfide) groups is 1. The number of halogens is 1. The Hall–Kier alpha value is -2.64. The van der Waals surface area contributed by atoms with Crippen LogP contribution >= 0.6 is 27.7 Å². The molecule has 1 aliphatic rings. The van der Waals surface area contributed by atoms with E-state index in [1.165, 1.54) is 0 Å². The van der Waals surface area contributed by atoms with E-state index >= 15 is 0 Å². The zero-order chi connectivity index (χ0) is 19.2. The van der Waals surface area contributed by atoms with Gasteiger partial charge in [0.1, 0.15) is 6.54 Å². The summed E-state index contributed by atoms with van der Waals surface area (Å²) in [5, 5.41) is 2.21. The number of imide groups is 1. The van der Waals surface area contributed by atoms with Crippen LogP contribution in [0.1, 0.15) is 5.56 Å². The van der Waals surface area contributed by atoms with E-state index < -0.39 is 17.1 Å². The highest BCUT2D eigenvalue weighted by Crippen LogP contribution is 2.30. The van der Waals surface area contributed by atoms with Crippen molar-refractivity contribution in [3.63, 3.8) is 0 Å². The molecule has 2 aromatic rings. The van der Waals surface area contributed by atoms with Gasteiger partial charge >= 0.3 is 0 Å². The van der Waals surface area contributed by atoms with Crippen LogP contribution < -0.4 is 5.32 Å². The van der Waals surface area contributed by atoms with Gasteiger partial charge in [-0.25, -0.2) is 0 Å². The summed E-state index contributed by atoms with van der Waals surface area (Å²) < 4.78 is 0.889. The van der Waals surface area contributed by atoms with Crippen molar-refractivity contribution in [2.24, 2.45) is 0 Å². The molecule has 1 aliphatic heterocycles. The first-order valence-corrected chi connectivity index (χ1v) is 9.66. The van der Waals surface area contributed by atoms with E-state index in [9.17, 15) is 14.4 Å². The van der Waals surface area contributed by atoms with E-state index in [0.717, 1.165) is 26.7 Å². The Morgan fingerprint density at radius 1 is 1.07 bits per heavy atom. The first-order valence-electron chi connectivity index (χ1n) is 8.05. The van der Waals surface area contributed by atoms with Crippen LogP contribution in [0.15, 0.2) is 76.1 Å². The van der Waals surface area contributed by atoms with Crippen LogP contribution in [0.25, 0.3) is 6.08 Å². The zero-order valence-corrected chi connectivity index (χ0v) is 16.5. The molecule has 7 heteroatoms. The predicted molar refractivity (Wildman–Crippen MR) is 111 cm³/mol. The summed E-state index contributed by atoms with van der Waals surface area (Å²) in [7, 11) is 0. The number of anilines is 1. The van der Waals surface area contributed by atoms with Gasteiger partial charge in [0.05, 0.1) is 4.91 Å². The summed E-state index contributed by atoms with van der Waals surface area (Å²) in [6, 6.07) is 16.6. The van der Waals surface area contributed by atoms with Crippen molar-refractivity contribution in [3.8, 4) is 0 Å². The molecule has 3 amide bonds. The fourth-order valence-electron chi connectivity index (χ4n) is 2.34. The standard InChI is InChI=1S/C20H15BrN2O3S/c21-15-9-11-16(12-10-15)22-18(24)13-23-19(25)17(27-20(23)26)8-4-7-14-5-2-1-3-6-14/h1-12H,13H2,(H,22,24)/b7-4-,17-8+. The molecule has 1 fully saturated rings. The predicted octanol–water partition coefficient (Wildman–Crippen LogP) is 4.68. The van der Waals surface area contributed by atoms with Crippen molar-refractivity contribution >= 4 is 56.5 Å². The lowest BCUT2D eigenvalue weighted by Gasteiger charge is -2.12. The first-order chi connectivity index (χ1) is 13.0. The molecule has 0 atom stereocenters. The lowest BCUT2D eigenvalue weighted by molar-refractivity contribution is -0.127. The molecule has 136 valence electrons. The molecular formula is C20H15BrN2O3S. The summed E-state index contributed by atoms with van der Waals surface area (Å²) >= 11 is 4.14. The van der Waals surface area contributed by atoms with Crippen LogP contribution in [0.3, 0.4) is 0 Å². The number of hydrogen-bond donors (Lipinski definition) is 1. The average Bonchev–Trinajstić information content (AvgIpc) is 2.92. The number of carbonyl (C=O) groups is 3. The Balaban J connectivity index is 1.61. The summed E-state index contributed by atoms with van der Waals surface area (Å²) in [4.78, 5) is 37.8. The second-order valence-electron chi connectivity index (χ2n) is 5.62. The van der Waals surface area contributed by atoms with Gasteiger partial charge in [0, 0.05) is 10.2 Å². The number of amides is 3. The molecule has 1 saturated heterocycles. The van der Waals surface area contributed by atoms with Gasteiger partial charge in [0.2, 0.25) is 5.91 Å². The van der Waals surface area contributed by atoms with E-state index in [4.69, 9.17) is 0 Å². The highest BCUT2D eigenvalue weighted by molar-refractivity contribution is 9.10. The summed E-state index contributed by atoms with van der Waals surface area (Å²) in [6.45, 7) is -0.319. The van der Waals surface area contributed by atoms with E-state index in [1.54, 1.807) is 36.4 Å². The van der Waals surface area contributed by atoms with Crippen LogP contribution in [-0.2, 0) is 9.59 Å². The van der Waals surface area contributed by atoms with Crippen LogP contribution in [0.4, 0.5) is 10.5 Å². The molecule has 5 nitrogen and oxygen atoms in total. The van der Waals surface area contributed by atoms with Crippen molar-refractivity contribution < 1.29 is 14.4 Å². The zero-order valence-electron chi connectivity index (χ0n) is 14.1. The maximum absolute atomic E-state index is 12.4. The highest BCUT2D eigenvalue weighted by Gasteiger charge is 2.35. The summed E-state index contributed by atoms with van der Waals surface area (Å²) in [6.07, 6.45) is 5.15. The third kappa shape index (κ3) is 5.18. The molecule has 1 heterocycles. The minimum Gasteiger partial charge on any atom is -0.325 e. The van der Waals surface area contributed by atoms with Crippen molar-refractivity contribution in [2.75, 3.05) is 11.9 Å². The molecule has 0 spiro atoms. The lowest BCUT2D eigenvalue weighted by Crippen LogP contribution is -2.36. The van der Waals surface area contributed by atoms with Gasteiger partial charge in [-0.1, -0.05) is 58.4 Å². The third-order valence-electron chi connectivity index (χ3n) is 3.64. The van der Waals surface area contributed by atoms with Crippen LogP contribution in [0.2, 0.25) is 0 Å². The Labute approximate surface area is 169 Å². The minimum atomic E-state index is -0.464. The molecule has 27 heavy (non-hydrogen) atoms. The SMILES string of the molecule is O=C(CN1C(=O)S/C(=C/C=C\c2ccccc2)C1=O)Nc1ccc(Br)cc1. The third-order valence-corrected chi connectivity index (χ3v) is 5.09. The first kappa shape index (κ1) is 19.1. The molecule has 0 saturated carbocycles. The molecule has 2 aromatic carbocycles. The number of nitrogens with one attached hydrogen (secondary N) is 1. The van der Waals surface area contributed by atoms with Crippen molar-refractivity contribution in [2.45, 2.75) is 0 Å². The smallest absolute Gasteiger partial charge is 0.294 e. The monoisotopic (exact) mass is 442 g/mol. The van der Waals surface area contributed by atoms with Gasteiger partial charge in [-0.15, -0.1) is 0 Å². The fraction of sp³-hybridized carbons (Fsp3) is 0.0500. The highest BCUT2D eigenvalue weighted by atomic mass is 79.9. The number of nitrogens with zero attached hydrogens (tertiary/aromatic N) is 1. The van der Waals surface area contributed by atoms with Crippen molar-refractivity contribution in [1.29, 1.82) is 0 Å². The quantitative estimate of drug-likeness (QED) is 0.682. The van der Waals surface area contributed by atoms with E-state index in [2.05, 4.69) is 21.2 Å². The second-order valence-corrected chi connectivity index (χ2v) is 7.52. The van der Waals surface area contributed by atoms with Gasteiger partial charge in [-0.2, -0.15) is 0 Å². The Morgan fingerprint density at radius 3 is 2.48 bits per heavy atom. The lowest BCUT2D eigenvalue weighted by atomic mass is 10.2. The van der Waals surface area contributed by atoms with E-state index in [-0.39, 0.29) is 6.54 Å².